The third-order valence-corrected chi connectivity index (χ3v) is 2.24. The summed E-state index contributed by atoms with van der Waals surface area (Å²) in [5, 5.41) is 2.32. The molecular weight excluding hydrogens is 187 g/mol. The maximum atomic E-state index is 11.9. The van der Waals surface area contributed by atoms with E-state index in [0.29, 0.717) is 10.3 Å². The third kappa shape index (κ3) is 3.29. The van der Waals surface area contributed by atoms with Crippen molar-refractivity contribution in [2.45, 2.75) is 0 Å². The summed E-state index contributed by atoms with van der Waals surface area (Å²) in [5.41, 5.74) is 0. The molecule has 1 heterocycles. The van der Waals surface area contributed by atoms with Gasteiger partial charge in [-0.1, -0.05) is 6.07 Å². The number of rotatable bonds is 2. The van der Waals surface area contributed by atoms with Gasteiger partial charge in [-0.2, -0.15) is 8.42 Å². The summed E-state index contributed by atoms with van der Waals surface area (Å²) >= 11 is 1.35. The van der Waals surface area contributed by atoms with Gasteiger partial charge in [-0.25, -0.2) is 0 Å². The third-order valence-electron chi connectivity index (χ3n) is 0.938. The molecule has 0 bridgehead atoms. The second kappa shape index (κ2) is 3.15. The molecule has 0 spiro atoms. The van der Waals surface area contributed by atoms with Crippen LogP contribution in [0, 0.1) is 0 Å². The predicted octanol–water partition coefficient (Wildman–Crippen LogP) is 2.02. The number of thiophene rings is 1. The second-order valence-corrected chi connectivity index (χ2v) is 4.00. The van der Waals surface area contributed by atoms with E-state index in [9.17, 15) is 12.3 Å². The highest BCUT2D eigenvalue weighted by atomic mass is 32.3. The van der Waals surface area contributed by atoms with Crippen molar-refractivity contribution in [2.75, 3.05) is 0 Å². The van der Waals surface area contributed by atoms with Crippen molar-refractivity contribution in [2.24, 2.45) is 0 Å². The Labute approximate surface area is 68.2 Å². The fraction of sp³-hybridized carbons (Fsp3) is 0. The van der Waals surface area contributed by atoms with Gasteiger partial charge >= 0.3 is 10.2 Å². The van der Waals surface area contributed by atoms with Gasteiger partial charge < -0.3 is 0 Å². The van der Waals surface area contributed by atoms with Crippen LogP contribution in [0.5, 0.6) is 0 Å². The Kier molecular flexibility index (Phi) is 2.41. The van der Waals surface area contributed by atoms with Crippen molar-refractivity contribution >= 4 is 27.6 Å². The van der Waals surface area contributed by atoms with Crippen molar-refractivity contribution in [1.29, 1.82) is 0 Å². The molecule has 1 aromatic rings. The average Bonchev–Trinajstić information content (AvgIpc) is 2.32. The molecule has 11 heavy (non-hydrogen) atoms. The fourth-order valence-corrected chi connectivity index (χ4v) is 1.55. The van der Waals surface area contributed by atoms with E-state index in [1.54, 1.807) is 17.5 Å². The van der Waals surface area contributed by atoms with Crippen LogP contribution in [0.3, 0.4) is 0 Å². The first-order valence-corrected chi connectivity index (χ1v) is 5.07. The topological polar surface area (TPSA) is 34.1 Å². The minimum Gasteiger partial charge on any atom is -0.190 e. The van der Waals surface area contributed by atoms with Crippen molar-refractivity contribution in [3.63, 3.8) is 0 Å². The average molecular weight is 192 g/mol. The van der Waals surface area contributed by atoms with Crippen LogP contribution in [0.2, 0.25) is 0 Å². The number of halogens is 1. The van der Waals surface area contributed by atoms with E-state index in [0.717, 1.165) is 0 Å². The molecule has 0 aliphatic carbocycles. The van der Waals surface area contributed by atoms with E-state index < -0.39 is 10.2 Å². The van der Waals surface area contributed by atoms with Gasteiger partial charge in [0.1, 0.15) is 0 Å². The summed E-state index contributed by atoms with van der Waals surface area (Å²) in [7, 11) is -4.47. The lowest BCUT2D eigenvalue weighted by Crippen LogP contribution is -1.79. The zero-order valence-corrected chi connectivity index (χ0v) is 7.03. The first-order chi connectivity index (χ1) is 5.08. The van der Waals surface area contributed by atoms with Crippen LogP contribution in [0.25, 0.3) is 6.08 Å². The van der Waals surface area contributed by atoms with E-state index in [-0.39, 0.29) is 0 Å². The molecule has 2 nitrogen and oxygen atoms in total. The van der Waals surface area contributed by atoms with E-state index in [1.165, 1.54) is 17.4 Å². The van der Waals surface area contributed by atoms with Gasteiger partial charge in [0.05, 0.1) is 5.41 Å². The lowest BCUT2D eigenvalue weighted by molar-refractivity contribution is 0.563. The van der Waals surface area contributed by atoms with Crippen molar-refractivity contribution in [3.05, 3.63) is 27.8 Å². The zero-order chi connectivity index (χ0) is 8.32. The first kappa shape index (κ1) is 8.42. The smallest absolute Gasteiger partial charge is 0.190 e. The quantitative estimate of drug-likeness (QED) is 0.672. The summed E-state index contributed by atoms with van der Waals surface area (Å²) in [5.74, 6) is 0. The molecule has 0 saturated carbocycles. The zero-order valence-electron chi connectivity index (χ0n) is 5.40. The molecule has 0 aromatic carbocycles. The largest absolute Gasteiger partial charge is 0.325 e. The van der Waals surface area contributed by atoms with Crippen LogP contribution in [0.1, 0.15) is 4.88 Å². The molecule has 0 aliphatic rings. The highest BCUT2D eigenvalue weighted by Gasteiger charge is 1.98. The standard InChI is InChI=1S/C6H5FO2S2/c7-11(8,9)5-3-6-2-1-4-10-6/h1-5H/b5-3+. The summed E-state index contributed by atoms with van der Waals surface area (Å²) < 4.78 is 31.8. The number of hydrogen-bond donors (Lipinski definition) is 0. The van der Waals surface area contributed by atoms with Crippen LogP contribution in [-0.4, -0.2) is 8.42 Å². The molecule has 0 radical (unpaired) electrons. The SMILES string of the molecule is O=S(=O)(F)/C=C/c1cccs1. The van der Waals surface area contributed by atoms with Gasteiger partial charge in [-0.05, 0) is 17.5 Å². The minimum absolute atomic E-state index is 0.541. The van der Waals surface area contributed by atoms with Crippen LogP contribution in [0.4, 0.5) is 3.89 Å². The van der Waals surface area contributed by atoms with Crippen LogP contribution in [-0.2, 0) is 10.2 Å². The normalized spacial score (nSPS) is 12.5. The van der Waals surface area contributed by atoms with Crippen molar-refractivity contribution in [3.8, 4) is 0 Å². The second-order valence-electron chi connectivity index (χ2n) is 1.79. The monoisotopic (exact) mass is 192 g/mol. The first-order valence-electron chi connectivity index (χ1n) is 2.74. The minimum atomic E-state index is -4.47. The van der Waals surface area contributed by atoms with E-state index in [2.05, 4.69) is 0 Å². The summed E-state index contributed by atoms with van der Waals surface area (Å²) in [6, 6.07) is 3.46. The molecule has 0 aliphatic heterocycles. The van der Waals surface area contributed by atoms with E-state index >= 15 is 0 Å². The van der Waals surface area contributed by atoms with Gasteiger partial charge in [-0.15, -0.1) is 15.2 Å². The molecule has 0 N–H and O–H groups in total. The molecule has 0 saturated heterocycles. The van der Waals surface area contributed by atoms with Gasteiger partial charge in [0.25, 0.3) is 0 Å². The Bertz CT molecular complexity index is 337. The lowest BCUT2D eigenvalue weighted by Gasteiger charge is -1.80. The Morgan fingerprint density at radius 3 is 2.73 bits per heavy atom. The molecule has 0 atom stereocenters. The summed E-state index contributed by atoms with van der Waals surface area (Å²) in [4.78, 5) is 0.714. The Balaban J connectivity index is 2.79. The Morgan fingerprint density at radius 1 is 1.55 bits per heavy atom. The molecule has 60 valence electrons. The summed E-state index contributed by atoms with van der Waals surface area (Å²) in [6.07, 6.45) is 1.22. The molecular formula is C6H5FO2S2. The maximum absolute atomic E-state index is 11.9. The molecule has 0 fully saturated rings. The molecule has 0 unspecified atom stereocenters. The number of hydrogen-bond acceptors (Lipinski definition) is 3. The lowest BCUT2D eigenvalue weighted by atomic mass is 10.5. The van der Waals surface area contributed by atoms with Crippen LogP contribution in [0.15, 0.2) is 22.9 Å². The molecule has 5 heteroatoms. The van der Waals surface area contributed by atoms with Gasteiger partial charge in [0.15, 0.2) is 0 Å². The van der Waals surface area contributed by atoms with Crippen molar-refractivity contribution in [1.82, 2.24) is 0 Å². The highest BCUT2D eigenvalue weighted by molar-refractivity contribution is 7.89. The summed E-state index contributed by atoms with van der Waals surface area (Å²) in [6.45, 7) is 0. The molecule has 0 amide bonds. The predicted molar refractivity (Wildman–Crippen MR) is 43.4 cm³/mol. The van der Waals surface area contributed by atoms with Crippen LogP contribution >= 0.6 is 11.3 Å². The Morgan fingerprint density at radius 2 is 2.27 bits per heavy atom. The fourth-order valence-electron chi connectivity index (χ4n) is 0.534. The van der Waals surface area contributed by atoms with Crippen LogP contribution < -0.4 is 0 Å². The van der Waals surface area contributed by atoms with Crippen molar-refractivity contribution < 1.29 is 12.3 Å². The van der Waals surface area contributed by atoms with E-state index in [1.807, 2.05) is 0 Å². The van der Waals surface area contributed by atoms with E-state index in [4.69, 9.17) is 0 Å². The van der Waals surface area contributed by atoms with Gasteiger partial charge in [0, 0.05) is 4.88 Å². The van der Waals surface area contributed by atoms with Gasteiger partial charge in [-0.3, -0.25) is 0 Å². The highest BCUT2D eigenvalue weighted by Crippen LogP contribution is 2.11. The molecule has 1 rings (SSSR count). The Hall–Kier alpha value is -0.680. The maximum Gasteiger partial charge on any atom is 0.325 e. The molecule has 1 aromatic heterocycles. The van der Waals surface area contributed by atoms with Gasteiger partial charge in [0.2, 0.25) is 0 Å².